The Hall–Kier alpha value is -0.840. The summed E-state index contributed by atoms with van der Waals surface area (Å²) in [5.74, 6) is 2.81. The molecule has 0 radical (unpaired) electrons. The van der Waals surface area contributed by atoms with Crippen molar-refractivity contribution in [3.8, 4) is 0 Å². The van der Waals surface area contributed by atoms with Crippen LogP contribution in [-0.2, 0) is 23.7 Å². The first-order chi connectivity index (χ1) is 66.8. The summed E-state index contributed by atoms with van der Waals surface area (Å²) in [5.41, 5.74) is 5.49. The molecule has 0 spiro atoms. The SMILES string of the molecule is CC(C)(C)CC1CCN(C2CN(CC(C)(C)C)C2)CC1.CC(C)(C)CC1CN(CC(C)(C)C)C1.CC(C)(C)CCN1CCC(CCOC(C)(C)C)CC1.CC(C)(C)CN1CC(N2CCN(C(C)(C)C)CC2)C1.CC(C)(C)CN1CCN(C2CN(CC(C)(C)C)C2)CC1.CC(C)(C)COCCN1CCN(C(C)(C)C)CC1.CC(C)(C)COCOCCN1CCN(C(C)(C)C)CC1.CC(C)(C)OCCN1CCN(C(C)(C)C)CC1. The molecule has 0 aromatic rings. The molecule has 11 heterocycles. The normalized spacial score (nSPS) is 22.2. The first-order valence-corrected chi connectivity index (χ1v) is 60.5. The fourth-order valence-corrected chi connectivity index (χ4v) is 22.5. The topological polar surface area (TPSA) is 98.0 Å². The highest BCUT2D eigenvalue weighted by molar-refractivity contribution is 4.98. The molecule has 0 atom stereocenters. The molecule has 11 rings (SSSR count). The van der Waals surface area contributed by atoms with Crippen LogP contribution in [-0.4, -0.2) is 445 Å². The Morgan fingerprint density at radius 2 is 0.456 bits per heavy atom. The Labute approximate surface area is 918 Å². The van der Waals surface area contributed by atoms with E-state index in [1.807, 2.05) is 0 Å². The Morgan fingerprint density at radius 3 is 0.762 bits per heavy atom. The van der Waals surface area contributed by atoms with Crippen LogP contribution in [0.15, 0.2) is 0 Å². The second kappa shape index (κ2) is 61.1. The van der Waals surface area contributed by atoms with Crippen LogP contribution in [0.2, 0.25) is 0 Å². The van der Waals surface area contributed by atoms with Gasteiger partial charge in [0.25, 0.3) is 0 Å². The molecule has 11 aliphatic rings. The third kappa shape index (κ3) is 67.4. The molecule has 876 valence electrons. The molecule has 11 fully saturated rings. The molecule has 0 saturated carbocycles. The summed E-state index contributed by atoms with van der Waals surface area (Å²) in [6, 6.07) is 2.51. The lowest BCUT2D eigenvalue weighted by molar-refractivity contribution is -0.0794. The summed E-state index contributed by atoms with van der Waals surface area (Å²) in [4.78, 5) is 41.7. The van der Waals surface area contributed by atoms with Crippen molar-refractivity contribution < 1.29 is 23.7 Å². The summed E-state index contributed by atoms with van der Waals surface area (Å²) in [6.07, 6.45) is 10.9. The van der Waals surface area contributed by atoms with Crippen molar-refractivity contribution in [1.29, 1.82) is 0 Å². The van der Waals surface area contributed by atoms with Gasteiger partial charge in [-0.25, -0.2) is 0 Å². The predicted molar refractivity (Wildman–Crippen MR) is 640 cm³/mol. The van der Waals surface area contributed by atoms with Crippen LogP contribution < -0.4 is 0 Å². The maximum absolute atomic E-state index is 5.84. The fourth-order valence-electron chi connectivity index (χ4n) is 22.5. The Balaban J connectivity index is 0.000000351. The molecule has 21 heteroatoms. The van der Waals surface area contributed by atoms with Crippen molar-refractivity contribution in [1.82, 2.24) is 78.4 Å². The maximum Gasteiger partial charge on any atom is 0.146 e. The summed E-state index contributed by atoms with van der Waals surface area (Å²) in [6.45, 7) is 166. The molecule has 0 N–H and O–H groups in total. The smallest absolute Gasteiger partial charge is 0.146 e. The number of likely N-dealkylation sites (tertiary alicyclic amines) is 6. The predicted octanol–water partition coefficient (Wildman–Crippen LogP) is 23.2. The largest absolute Gasteiger partial charge is 0.380 e. The first kappa shape index (κ1) is 138. The highest BCUT2D eigenvalue weighted by Crippen LogP contribution is 2.37. The van der Waals surface area contributed by atoms with Crippen LogP contribution in [0.25, 0.3) is 0 Å². The van der Waals surface area contributed by atoms with Crippen LogP contribution in [0.5, 0.6) is 0 Å². The first-order valence-electron chi connectivity index (χ1n) is 60.5. The van der Waals surface area contributed by atoms with Crippen molar-refractivity contribution in [2.24, 2.45) is 71.9 Å². The zero-order valence-electron chi connectivity index (χ0n) is 108. The van der Waals surface area contributed by atoms with Crippen LogP contribution in [0.1, 0.15) is 384 Å². The maximum atomic E-state index is 5.84. The van der Waals surface area contributed by atoms with Gasteiger partial charge in [-0.05, 0) is 281 Å². The Kier molecular flexibility index (Phi) is 57.6. The Bertz CT molecular complexity index is 3260. The van der Waals surface area contributed by atoms with Gasteiger partial charge in [0.05, 0.1) is 44.2 Å². The Morgan fingerprint density at radius 1 is 0.197 bits per heavy atom. The molecule has 0 bridgehead atoms. The second-order valence-corrected chi connectivity index (χ2v) is 65.8. The fraction of sp³-hybridized carbons (Fsp3) is 1.00. The lowest BCUT2D eigenvalue weighted by Crippen LogP contribution is -2.65. The van der Waals surface area contributed by atoms with E-state index in [9.17, 15) is 0 Å². The summed E-state index contributed by atoms with van der Waals surface area (Å²) >= 11 is 0. The van der Waals surface area contributed by atoms with E-state index in [1.165, 1.54) is 274 Å². The molecule has 0 aliphatic carbocycles. The standard InChI is InChI=1S/C18H36N2.C17H35N3.C17H35NO.C16H33N3.C16H34N2O2.C15H32N2O.C14H30N2O.C13H27N/c1-17(2,3)11-15-7-9-20(10-8-15)16-12-19(13-16)14-18(4,5)6;1-16(2,3)13-18-7-9-20(10-8-18)15-11-19(12-15)14-17(4,5)6;1-16(2,3)10-13-18-11-7-15(8-12-18)9-14-19-17(4,5)6;1-15(2,3)13-17-11-14(12-17)18-7-9-19(10-8-18)16(4,5)6;1-15(2,3)13-20-14-19-12-11-17-7-9-18(10-8-17)16(4,5)6;1-14(2,3)13-18-12-11-16-7-9-17(10-8-16)15(4,5)6;1-13(2,3)16-9-7-15(8-10-16)11-12-17-14(4,5)6;1-12(2,3)7-11-8-14(9-11)10-13(4,5)6/h15-16H,7-14H2,1-6H3;15H,7-14H2,1-6H3;15H,7-14H2,1-6H3;14H,7-13H2,1-6H3;7-14H2,1-6H3;7-13H2,1-6H3;7-12H2,1-6H3;11H,7-10H2,1-6H3. The third-order valence-corrected chi connectivity index (χ3v) is 30.2. The number of rotatable bonds is 28. The van der Waals surface area contributed by atoms with Gasteiger partial charge in [0.1, 0.15) is 6.79 Å². The quantitative estimate of drug-likeness (QED) is 0.0548. The van der Waals surface area contributed by atoms with Gasteiger partial charge in [-0.2, -0.15) is 0 Å². The van der Waals surface area contributed by atoms with E-state index in [4.69, 9.17) is 23.7 Å². The highest BCUT2D eigenvalue weighted by atomic mass is 16.7. The minimum absolute atomic E-state index is 0.00671. The van der Waals surface area contributed by atoms with E-state index >= 15 is 0 Å². The zero-order valence-corrected chi connectivity index (χ0v) is 108. The van der Waals surface area contributed by atoms with E-state index in [0.29, 0.717) is 72.3 Å². The van der Waals surface area contributed by atoms with Crippen molar-refractivity contribution in [3.05, 3.63) is 0 Å². The molecular formula is C126H262N16O5. The minimum Gasteiger partial charge on any atom is -0.380 e. The van der Waals surface area contributed by atoms with Gasteiger partial charge in [0.2, 0.25) is 0 Å². The van der Waals surface area contributed by atoms with E-state index < -0.39 is 0 Å². The van der Waals surface area contributed by atoms with E-state index in [2.05, 4.69) is 411 Å². The number of hydrogen-bond donors (Lipinski definition) is 0. The number of hydrogen-bond acceptors (Lipinski definition) is 21. The van der Waals surface area contributed by atoms with Gasteiger partial charge < -0.3 is 38.4 Å². The van der Waals surface area contributed by atoms with Crippen LogP contribution in [0, 0.1) is 71.9 Å². The third-order valence-electron chi connectivity index (χ3n) is 30.2. The number of piperidine rings is 2. The molecular weight excluding hydrogens is 1820 g/mol. The average Bonchev–Trinajstić information content (AvgIpc) is 0.807. The van der Waals surface area contributed by atoms with Crippen LogP contribution >= 0.6 is 0 Å². The number of nitrogens with zero attached hydrogens (tertiary/aromatic N) is 16. The van der Waals surface area contributed by atoms with Crippen molar-refractivity contribution in [3.63, 3.8) is 0 Å². The van der Waals surface area contributed by atoms with Crippen molar-refractivity contribution in [2.75, 3.05) is 315 Å². The number of piperazine rings is 5. The summed E-state index contributed by atoms with van der Waals surface area (Å²) in [7, 11) is 0. The molecule has 0 amide bonds. The highest BCUT2D eigenvalue weighted by Gasteiger charge is 2.42. The second-order valence-electron chi connectivity index (χ2n) is 65.8. The monoisotopic (exact) mass is 2080 g/mol. The van der Waals surface area contributed by atoms with Gasteiger partial charge in [0, 0.05) is 282 Å². The lowest BCUT2D eigenvalue weighted by Gasteiger charge is -2.51. The van der Waals surface area contributed by atoms with Gasteiger partial charge in [0.15, 0.2) is 0 Å². The molecule has 11 aliphatic heterocycles. The number of ether oxygens (including phenoxy) is 5. The van der Waals surface area contributed by atoms with Crippen LogP contribution in [0.4, 0.5) is 0 Å². The minimum atomic E-state index is -0.00671. The van der Waals surface area contributed by atoms with Gasteiger partial charge in [-0.1, -0.05) is 208 Å². The molecule has 21 nitrogen and oxygen atoms in total. The van der Waals surface area contributed by atoms with Crippen molar-refractivity contribution >= 4 is 0 Å². The molecule has 11 saturated heterocycles. The van der Waals surface area contributed by atoms with E-state index in [0.717, 1.165) is 121 Å². The van der Waals surface area contributed by atoms with Crippen LogP contribution in [0.3, 0.4) is 0 Å². The lowest BCUT2D eigenvalue weighted by atomic mass is 9.80. The molecule has 0 aromatic heterocycles. The summed E-state index contributed by atoms with van der Waals surface area (Å²) < 4.78 is 28.4. The van der Waals surface area contributed by atoms with E-state index in [1.54, 1.807) is 0 Å². The van der Waals surface area contributed by atoms with Gasteiger partial charge in [-0.3, -0.25) is 63.7 Å². The van der Waals surface area contributed by atoms with Gasteiger partial charge in [-0.15, -0.1) is 0 Å². The molecule has 0 aromatic carbocycles. The molecule has 147 heavy (non-hydrogen) atoms. The van der Waals surface area contributed by atoms with Crippen molar-refractivity contribution in [2.45, 2.75) is 435 Å². The van der Waals surface area contributed by atoms with E-state index in [-0.39, 0.29) is 22.0 Å². The summed E-state index contributed by atoms with van der Waals surface area (Å²) in [5, 5.41) is 0. The van der Waals surface area contributed by atoms with Gasteiger partial charge >= 0.3 is 0 Å². The zero-order chi connectivity index (χ0) is 112. The average molecular weight is 2080 g/mol. The molecule has 0 unspecified atom stereocenters.